The molecular formula is C21H37ClN2O2. The number of hydrogen-bond donors (Lipinski definition) is 0. The lowest BCUT2D eigenvalue weighted by Gasteiger charge is -2.44. The van der Waals surface area contributed by atoms with Crippen molar-refractivity contribution in [3.63, 3.8) is 0 Å². The van der Waals surface area contributed by atoms with Crippen LogP contribution in [-0.2, 0) is 9.53 Å². The predicted molar refractivity (Wildman–Crippen MR) is 107 cm³/mol. The number of carbonyl (C=O) groups is 1. The van der Waals surface area contributed by atoms with E-state index in [0.29, 0.717) is 12.1 Å². The van der Waals surface area contributed by atoms with Crippen LogP contribution in [0.4, 0.5) is 0 Å². The minimum Gasteiger partial charge on any atom is -0.381 e. The number of alkyl halides is 1. The topological polar surface area (TPSA) is 32.8 Å². The van der Waals surface area contributed by atoms with Gasteiger partial charge in [-0.05, 0) is 57.8 Å². The first-order chi connectivity index (χ1) is 12.7. The fourth-order valence-electron chi connectivity index (χ4n) is 5.48. The summed E-state index contributed by atoms with van der Waals surface area (Å²) in [4.78, 5) is 17.4. The lowest BCUT2D eigenvalue weighted by atomic mass is 9.91. The number of nitrogens with zero attached hydrogens (tertiary/aromatic N) is 2. The van der Waals surface area contributed by atoms with Gasteiger partial charge in [0.2, 0.25) is 5.91 Å². The molecule has 4 nitrogen and oxygen atoms in total. The second-order valence-electron chi connectivity index (χ2n) is 8.49. The monoisotopic (exact) mass is 384 g/mol. The number of amides is 1. The molecule has 1 heterocycles. The highest BCUT2D eigenvalue weighted by atomic mass is 35.5. The molecule has 0 aromatic rings. The first-order valence-corrected chi connectivity index (χ1v) is 11.4. The van der Waals surface area contributed by atoms with Crippen LogP contribution in [0.2, 0.25) is 0 Å². The molecular weight excluding hydrogens is 348 g/mol. The Balaban J connectivity index is 1.50. The van der Waals surface area contributed by atoms with Crippen LogP contribution in [0.5, 0.6) is 0 Å². The van der Waals surface area contributed by atoms with Gasteiger partial charge in [-0.15, -0.1) is 11.6 Å². The lowest BCUT2D eigenvalue weighted by molar-refractivity contribution is -0.135. The minimum atomic E-state index is 0.137. The molecule has 3 rings (SSSR count). The van der Waals surface area contributed by atoms with E-state index in [4.69, 9.17) is 16.3 Å². The van der Waals surface area contributed by atoms with Crippen molar-refractivity contribution < 1.29 is 9.53 Å². The Bertz CT molecular complexity index is 434. The Hall–Kier alpha value is -0.320. The Morgan fingerprint density at radius 1 is 1.04 bits per heavy atom. The van der Waals surface area contributed by atoms with Gasteiger partial charge in [-0.2, -0.15) is 0 Å². The van der Waals surface area contributed by atoms with E-state index in [0.717, 1.165) is 51.1 Å². The second-order valence-corrected chi connectivity index (χ2v) is 8.75. The molecule has 0 aromatic carbocycles. The fourth-order valence-corrected chi connectivity index (χ4v) is 5.62. The number of ether oxygens (including phenoxy) is 1. The molecule has 3 aliphatic rings. The van der Waals surface area contributed by atoms with Crippen molar-refractivity contribution in [2.45, 2.75) is 89.3 Å². The number of hydrogen-bond acceptors (Lipinski definition) is 3. The average molecular weight is 385 g/mol. The zero-order valence-corrected chi connectivity index (χ0v) is 17.3. The van der Waals surface area contributed by atoms with Crippen molar-refractivity contribution in [3.8, 4) is 0 Å². The van der Waals surface area contributed by atoms with E-state index in [1.807, 2.05) is 0 Å². The van der Waals surface area contributed by atoms with E-state index in [1.165, 1.54) is 51.4 Å². The third kappa shape index (κ3) is 5.14. The first kappa shape index (κ1) is 20.4. The Kier molecular flexibility index (Phi) is 8.08. The maximum Gasteiger partial charge on any atom is 0.237 e. The molecule has 0 N–H and O–H groups in total. The summed E-state index contributed by atoms with van der Waals surface area (Å²) in [5.41, 5.74) is 0. The van der Waals surface area contributed by atoms with Crippen LogP contribution in [0.1, 0.15) is 71.1 Å². The number of rotatable bonds is 7. The van der Waals surface area contributed by atoms with E-state index in [2.05, 4.69) is 16.7 Å². The van der Waals surface area contributed by atoms with E-state index in [1.54, 1.807) is 0 Å². The van der Waals surface area contributed by atoms with Crippen molar-refractivity contribution in [1.82, 2.24) is 9.80 Å². The van der Waals surface area contributed by atoms with E-state index >= 15 is 0 Å². The maximum absolute atomic E-state index is 12.6. The Morgan fingerprint density at radius 3 is 2.38 bits per heavy atom. The summed E-state index contributed by atoms with van der Waals surface area (Å²) >= 11 is 5.96. The van der Waals surface area contributed by atoms with Gasteiger partial charge in [0.15, 0.2) is 0 Å². The average Bonchev–Trinajstić information content (AvgIpc) is 3.17. The van der Waals surface area contributed by atoms with Crippen molar-refractivity contribution in [2.24, 2.45) is 5.92 Å². The quantitative estimate of drug-likeness (QED) is 0.620. The predicted octanol–water partition coefficient (Wildman–Crippen LogP) is 4.06. The van der Waals surface area contributed by atoms with Crippen molar-refractivity contribution in [1.29, 1.82) is 0 Å². The summed E-state index contributed by atoms with van der Waals surface area (Å²) in [6, 6.07) is 1.57. The molecule has 5 heteroatoms. The summed E-state index contributed by atoms with van der Waals surface area (Å²) in [6.07, 6.45) is 12.3. The molecule has 3 fully saturated rings. The van der Waals surface area contributed by atoms with E-state index in [-0.39, 0.29) is 11.8 Å². The summed E-state index contributed by atoms with van der Waals surface area (Å²) in [5, 5.41) is 0. The van der Waals surface area contributed by atoms with Gasteiger partial charge < -0.3 is 14.5 Å². The maximum atomic E-state index is 12.6. The van der Waals surface area contributed by atoms with E-state index in [9.17, 15) is 4.79 Å². The number of carbonyl (C=O) groups excluding carboxylic acids is 1. The lowest BCUT2D eigenvalue weighted by Crippen LogP contribution is -2.53. The highest BCUT2D eigenvalue weighted by molar-refractivity contribution is 6.27. The van der Waals surface area contributed by atoms with Crippen LogP contribution in [0.25, 0.3) is 0 Å². The molecule has 0 bridgehead atoms. The largest absolute Gasteiger partial charge is 0.381 e. The zero-order valence-electron chi connectivity index (χ0n) is 16.5. The first-order valence-electron chi connectivity index (χ1n) is 10.9. The third-order valence-electron chi connectivity index (χ3n) is 6.85. The van der Waals surface area contributed by atoms with E-state index < -0.39 is 0 Å². The van der Waals surface area contributed by atoms with Crippen molar-refractivity contribution >= 4 is 17.5 Å². The van der Waals surface area contributed by atoms with Gasteiger partial charge in [0.05, 0.1) is 0 Å². The Labute approximate surface area is 164 Å². The summed E-state index contributed by atoms with van der Waals surface area (Å²) in [7, 11) is 0. The molecule has 1 saturated heterocycles. The smallest absolute Gasteiger partial charge is 0.237 e. The number of halogens is 1. The molecule has 1 amide bonds. The summed E-state index contributed by atoms with van der Waals surface area (Å²) in [5.74, 6) is 1.04. The standard InChI is InChI=1S/C21H37ClN2O2/c1-2-26-16-17-8-9-20(14-17)23-12-10-19(11-13-23)24(21(25)15-22)18-6-4-3-5-7-18/h17-20H,2-16H2,1H3. The molecule has 2 atom stereocenters. The fraction of sp³-hybridized carbons (Fsp3) is 0.952. The molecule has 2 saturated carbocycles. The number of piperidine rings is 1. The highest BCUT2D eigenvalue weighted by Crippen LogP contribution is 2.33. The molecule has 1 aliphatic heterocycles. The molecule has 0 spiro atoms. The normalized spacial score (nSPS) is 29.2. The van der Waals surface area contributed by atoms with Gasteiger partial charge in [0, 0.05) is 44.4 Å². The van der Waals surface area contributed by atoms with Gasteiger partial charge in [-0.1, -0.05) is 19.3 Å². The SMILES string of the molecule is CCOCC1CCC(N2CCC(N(C(=O)CCl)C3CCCCC3)CC2)C1. The van der Waals surface area contributed by atoms with Crippen LogP contribution >= 0.6 is 11.6 Å². The van der Waals surface area contributed by atoms with Crippen molar-refractivity contribution in [3.05, 3.63) is 0 Å². The summed E-state index contributed by atoms with van der Waals surface area (Å²) < 4.78 is 5.63. The minimum absolute atomic E-state index is 0.137. The second kappa shape index (κ2) is 10.3. The molecule has 150 valence electrons. The van der Waals surface area contributed by atoms with Gasteiger partial charge in [-0.3, -0.25) is 4.79 Å². The zero-order chi connectivity index (χ0) is 18.4. The molecule has 2 aliphatic carbocycles. The van der Waals surface area contributed by atoms with Crippen LogP contribution < -0.4 is 0 Å². The van der Waals surface area contributed by atoms with Crippen LogP contribution in [-0.4, -0.2) is 66.0 Å². The van der Waals surface area contributed by atoms with Crippen LogP contribution in [0, 0.1) is 5.92 Å². The van der Waals surface area contributed by atoms with Gasteiger partial charge >= 0.3 is 0 Å². The molecule has 2 unspecified atom stereocenters. The molecule has 0 radical (unpaired) electrons. The van der Waals surface area contributed by atoms with Crippen LogP contribution in [0.15, 0.2) is 0 Å². The molecule has 26 heavy (non-hydrogen) atoms. The summed E-state index contributed by atoms with van der Waals surface area (Å²) in [6.45, 7) is 6.11. The van der Waals surface area contributed by atoms with Gasteiger partial charge in [0.25, 0.3) is 0 Å². The van der Waals surface area contributed by atoms with Gasteiger partial charge in [-0.25, -0.2) is 0 Å². The van der Waals surface area contributed by atoms with Crippen molar-refractivity contribution in [2.75, 3.05) is 32.2 Å². The number of likely N-dealkylation sites (tertiary alicyclic amines) is 1. The highest BCUT2D eigenvalue weighted by Gasteiger charge is 2.36. The molecule has 0 aromatic heterocycles. The third-order valence-corrected chi connectivity index (χ3v) is 7.08. The van der Waals surface area contributed by atoms with Crippen LogP contribution in [0.3, 0.4) is 0 Å². The Morgan fingerprint density at radius 2 is 1.73 bits per heavy atom. The van der Waals surface area contributed by atoms with Gasteiger partial charge in [0.1, 0.15) is 5.88 Å².